The van der Waals surface area contributed by atoms with Crippen molar-refractivity contribution in [2.75, 3.05) is 36.8 Å². The smallest absolute Gasteiger partial charge is 0.217 e. The van der Waals surface area contributed by atoms with Crippen molar-refractivity contribution >= 4 is 17.3 Å². The monoisotopic (exact) mass is 338 g/mol. The molecule has 132 valence electrons. The number of nitrogens with two attached hydrogens (primary N) is 1. The van der Waals surface area contributed by atoms with E-state index in [4.69, 9.17) is 5.73 Å². The molecule has 1 aliphatic rings. The van der Waals surface area contributed by atoms with Gasteiger partial charge >= 0.3 is 0 Å². The molecule has 0 spiro atoms. The van der Waals surface area contributed by atoms with Gasteiger partial charge in [-0.05, 0) is 29.3 Å². The highest BCUT2D eigenvalue weighted by atomic mass is 16.1. The molecule has 0 aromatic heterocycles. The summed E-state index contributed by atoms with van der Waals surface area (Å²) in [6, 6.07) is 16.7. The number of nitrogens with one attached hydrogen (secondary N) is 1. The van der Waals surface area contributed by atoms with E-state index in [-0.39, 0.29) is 5.91 Å². The molecule has 0 saturated carbocycles. The second-order valence-corrected chi connectivity index (χ2v) is 6.54. The Hall–Kier alpha value is -2.53. The molecule has 0 radical (unpaired) electrons. The molecule has 0 atom stereocenters. The molecule has 0 bridgehead atoms. The van der Waals surface area contributed by atoms with E-state index in [1.807, 2.05) is 12.1 Å². The van der Waals surface area contributed by atoms with Crippen molar-refractivity contribution in [3.8, 4) is 0 Å². The summed E-state index contributed by atoms with van der Waals surface area (Å²) in [5.74, 6) is -0.0419. The summed E-state index contributed by atoms with van der Waals surface area (Å²) >= 11 is 0. The zero-order chi connectivity index (χ0) is 17.6. The van der Waals surface area contributed by atoms with E-state index >= 15 is 0 Å². The molecule has 1 saturated heterocycles. The molecule has 1 heterocycles. The Bertz CT molecular complexity index is 709. The molecule has 1 aliphatic heterocycles. The molecule has 1 fully saturated rings. The van der Waals surface area contributed by atoms with Gasteiger partial charge in [-0.3, -0.25) is 9.69 Å². The van der Waals surface area contributed by atoms with E-state index in [1.54, 1.807) is 0 Å². The second-order valence-electron chi connectivity index (χ2n) is 6.54. The van der Waals surface area contributed by atoms with E-state index in [1.165, 1.54) is 18.2 Å². The van der Waals surface area contributed by atoms with Gasteiger partial charge in [-0.2, -0.15) is 0 Å². The van der Waals surface area contributed by atoms with Crippen LogP contribution in [0.4, 0.5) is 11.4 Å². The maximum absolute atomic E-state index is 11.0. The van der Waals surface area contributed by atoms with Crippen molar-refractivity contribution in [3.05, 3.63) is 59.7 Å². The van der Waals surface area contributed by atoms with Gasteiger partial charge in [-0.1, -0.05) is 30.3 Å². The van der Waals surface area contributed by atoms with E-state index < -0.39 is 0 Å². The average Bonchev–Trinajstić information content (AvgIpc) is 2.62. The molecular weight excluding hydrogens is 312 g/mol. The number of hydrogen-bond acceptors (Lipinski definition) is 4. The van der Waals surface area contributed by atoms with E-state index in [0.717, 1.165) is 44.0 Å². The summed E-state index contributed by atoms with van der Waals surface area (Å²) in [7, 11) is 0. The molecule has 2 aromatic rings. The summed E-state index contributed by atoms with van der Waals surface area (Å²) < 4.78 is 0. The van der Waals surface area contributed by atoms with E-state index in [2.05, 4.69) is 51.5 Å². The lowest BCUT2D eigenvalue weighted by atomic mass is 10.1. The highest BCUT2D eigenvalue weighted by Gasteiger charge is 2.17. The number of benzene rings is 2. The number of carbonyl (C=O) groups is 1. The third kappa shape index (κ3) is 4.73. The summed E-state index contributed by atoms with van der Waals surface area (Å²) in [5, 5.41) is 2.79. The molecule has 2 aromatic carbocycles. The highest BCUT2D eigenvalue weighted by molar-refractivity contribution is 5.73. The minimum Gasteiger partial charge on any atom is -0.398 e. The number of amides is 1. The Morgan fingerprint density at radius 2 is 1.80 bits per heavy atom. The third-order valence-electron chi connectivity index (χ3n) is 4.64. The van der Waals surface area contributed by atoms with Crippen LogP contribution in [0, 0.1) is 0 Å². The summed E-state index contributed by atoms with van der Waals surface area (Å²) in [4.78, 5) is 15.9. The predicted octanol–water partition coefficient (Wildman–Crippen LogP) is 2.23. The van der Waals surface area contributed by atoms with Gasteiger partial charge < -0.3 is 16.0 Å². The van der Waals surface area contributed by atoms with Crippen molar-refractivity contribution < 1.29 is 4.79 Å². The lowest BCUT2D eigenvalue weighted by Gasteiger charge is -2.36. The summed E-state index contributed by atoms with van der Waals surface area (Å²) in [6.45, 7) is 7.08. The van der Waals surface area contributed by atoms with Crippen LogP contribution in [0.25, 0.3) is 0 Å². The van der Waals surface area contributed by atoms with Crippen LogP contribution in [0.2, 0.25) is 0 Å². The van der Waals surface area contributed by atoms with Gasteiger partial charge in [0, 0.05) is 57.6 Å². The molecule has 3 N–H and O–H groups in total. The molecule has 0 unspecified atom stereocenters. The van der Waals surface area contributed by atoms with Crippen molar-refractivity contribution in [2.45, 2.75) is 20.0 Å². The number of anilines is 2. The van der Waals surface area contributed by atoms with Gasteiger partial charge in [0.15, 0.2) is 0 Å². The lowest BCUT2D eigenvalue weighted by Crippen LogP contribution is -2.45. The number of carbonyl (C=O) groups excluding carboxylic acids is 1. The number of rotatable bonds is 5. The number of nitrogen functional groups attached to an aromatic ring is 1. The maximum atomic E-state index is 11.0. The van der Waals surface area contributed by atoms with E-state index in [0.29, 0.717) is 6.54 Å². The van der Waals surface area contributed by atoms with Crippen LogP contribution < -0.4 is 16.0 Å². The maximum Gasteiger partial charge on any atom is 0.217 e. The van der Waals surface area contributed by atoms with Gasteiger partial charge in [0.2, 0.25) is 5.91 Å². The quantitative estimate of drug-likeness (QED) is 0.821. The van der Waals surface area contributed by atoms with Crippen molar-refractivity contribution in [1.82, 2.24) is 10.2 Å². The molecule has 0 aliphatic carbocycles. The zero-order valence-corrected chi connectivity index (χ0v) is 14.7. The predicted molar refractivity (Wildman–Crippen MR) is 102 cm³/mol. The lowest BCUT2D eigenvalue weighted by molar-refractivity contribution is -0.119. The van der Waals surface area contributed by atoms with E-state index in [9.17, 15) is 4.79 Å². The van der Waals surface area contributed by atoms with Crippen LogP contribution in [-0.2, 0) is 17.9 Å². The fourth-order valence-corrected chi connectivity index (χ4v) is 3.18. The Labute approximate surface area is 149 Å². The molecule has 3 rings (SSSR count). The minimum atomic E-state index is -0.0419. The first-order valence-corrected chi connectivity index (χ1v) is 8.76. The van der Waals surface area contributed by atoms with Gasteiger partial charge in [0.25, 0.3) is 0 Å². The number of para-hydroxylation sites is 1. The molecule has 5 heteroatoms. The van der Waals surface area contributed by atoms with Crippen LogP contribution in [0.1, 0.15) is 18.1 Å². The molecular formula is C20H26N4O. The standard InChI is InChI=1S/C20H26N4O/c1-16(25)22-14-18-8-7-17(13-20(18)21)15-23-9-11-24(12-10-23)19-5-3-2-4-6-19/h2-8,13H,9-12,14-15,21H2,1H3,(H,22,25). The first kappa shape index (κ1) is 17.3. The van der Waals surface area contributed by atoms with Crippen LogP contribution in [-0.4, -0.2) is 37.0 Å². The number of hydrogen-bond donors (Lipinski definition) is 2. The normalized spacial score (nSPS) is 15.2. The number of nitrogens with zero attached hydrogens (tertiary/aromatic N) is 2. The first-order valence-electron chi connectivity index (χ1n) is 8.76. The van der Waals surface area contributed by atoms with Crippen molar-refractivity contribution in [2.24, 2.45) is 0 Å². The Balaban J connectivity index is 1.53. The first-order chi connectivity index (χ1) is 12.1. The van der Waals surface area contributed by atoms with Crippen LogP contribution in [0.3, 0.4) is 0 Å². The Kier molecular flexibility index (Phi) is 5.56. The van der Waals surface area contributed by atoms with Crippen LogP contribution >= 0.6 is 0 Å². The average molecular weight is 338 g/mol. The summed E-state index contributed by atoms with van der Waals surface area (Å²) in [6.07, 6.45) is 0. The molecule has 25 heavy (non-hydrogen) atoms. The number of piperazine rings is 1. The fourth-order valence-electron chi connectivity index (χ4n) is 3.18. The largest absolute Gasteiger partial charge is 0.398 e. The van der Waals surface area contributed by atoms with Crippen LogP contribution in [0.5, 0.6) is 0 Å². The van der Waals surface area contributed by atoms with Gasteiger partial charge in [-0.15, -0.1) is 0 Å². The Morgan fingerprint density at radius 3 is 2.44 bits per heavy atom. The Morgan fingerprint density at radius 1 is 1.08 bits per heavy atom. The third-order valence-corrected chi connectivity index (χ3v) is 4.64. The van der Waals surface area contributed by atoms with Crippen LogP contribution in [0.15, 0.2) is 48.5 Å². The van der Waals surface area contributed by atoms with Crippen molar-refractivity contribution in [1.29, 1.82) is 0 Å². The van der Waals surface area contributed by atoms with Gasteiger partial charge in [-0.25, -0.2) is 0 Å². The van der Waals surface area contributed by atoms with Crippen molar-refractivity contribution in [3.63, 3.8) is 0 Å². The zero-order valence-electron chi connectivity index (χ0n) is 14.7. The molecule has 5 nitrogen and oxygen atoms in total. The topological polar surface area (TPSA) is 61.6 Å². The minimum absolute atomic E-state index is 0.0419. The van der Waals surface area contributed by atoms with Gasteiger partial charge in [0.05, 0.1) is 0 Å². The molecule has 1 amide bonds. The highest BCUT2D eigenvalue weighted by Crippen LogP contribution is 2.19. The fraction of sp³-hybridized carbons (Fsp3) is 0.350. The second kappa shape index (κ2) is 8.03. The van der Waals surface area contributed by atoms with Gasteiger partial charge in [0.1, 0.15) is 0 Å². The SMILES string of the molecule is CC(=O)NCc1ccc(CN2CCN(c3ccccc3)CC2)cc1N. The summed E-state index contributed by atoms with van der Waals surface area (Å²) in [5.41, 5.74) is 10.4.